The van der Waals surface area contributed by atoms with Crippen LogP contribution in [0.5, 0.6) is 0 Å². The molecule has 0 radical (unpaired) electrons. The number of hydrogen-bond donors (Lipinski definition) is 0. The third-order valence-electron chi connectivity index (χ3n) is 14.4. The Bertz CT molecular complexity index is 4620. The van der Waals surface area contributed by atoms with Gasteiger partial charge in [-0.2, -0.15) is 9.97 Å². The van der Waals surface area contributed by atoms with Crippen molar-refractivity contribution in [3.63, 3.8) is 0 Å². The summed E-state index contributed by atoms with van der Waals surface area (Å²) in [4.78, 5) is 31.8. The smallest absolute Gasteiger partial charge is 0.238 e. The molecule has 4 heterocycles. The summed E-state index contributed by atoms with van der Waals surface area (Å²) in [5.74, 6) is 3.44. The van der Waals surface area contributed by atoms with Crippen LogP contribution in [0.4, 0.5) is 0 Å². The van der Waals surface area contributed by atoms with Gasteiger partial charge in [-0.1, -0.05) is 212 Å². The van der Waals surface area contributed by atoms with Gasteiger partial charge < -0.3 is 4.57 Å². The maximum Gasteiger partial charge on any atom is 0.238 e. The lowest BCUT2D eigenvalue weighted by Gasteiger charge is -2.16. The highest BCUT2D eigenvalue weighted by Crippen LogP contribution is 2.44. The third kappa shape index (κ3) is 6.55. The fourth-order valence-electron chi connectivity index (χ4n) is 11.1. The van der Waals surface area contributed by atoms with E-state index >= 15 is 0 Å². The van der Waals surface area contributed by atoms with E-state index in [1.807, 2.05) is 78.9 Å². The largest absolute Gasteiger partial charge is 0.306 e. The van der Waals surface area contributed by atoms with Crippen LogP contribution in [0.15, 0.2) is 243 Å². The lowest BCUT2D eigenvalue weighted by Crippen LogP contribution is -2.07. The molecular weight excluding hydrogens is 905 g/mol. The lowest BCUT2D eigenvalue weighted by molar-refractivity contribution is 0.953. The maximum absolute atomic E-state index is 5.53. The molecule has 8 nitrogen and oxygen atoms in total. The zero-order chi connectivity index (χ0) is 48.7. The van der Waals surface area contributed by atoms with Crippen molar-refractivity contribution in [3.8, 4) is 68.6 Å². The maximum atomic E-state index is 5.53. The molecule has 0 aliphatic heterocycles. The SMILES string of the molecule is c1ccc(-c2nc(-c3ccccc3)nc(-c3ccccc3-n3c4ccccc4c4ccc5c6ccccc6n(-c6nc(-c7ccccc7)nc(-c7ccc8c9ccccc9c9ccccc9c8c7)n6)c5c43)n2)cc1. The third-order valence-corrected chi connectivity index (χ3v) is 14.4. The molecule has 74 heavy (non-hydrogen) atoms. The second-order valence-electron chi connectivity index (χ2n) is 18.6. The van der Waals surface area contributed by atoms with Gasteiger partial charge in [-0.15, -0.1) is 0 Å². The Morgan fingerprint density at radius 1 is 0.230 bits per heavy atom. The molecule has 0 aliphatic carbocycles. The molecule has 0 saturated heterocycles. The number of fused-ring (bicyclic) bond motifs is 13. The first-order chi connectivity index (χ1) is 36.7. The Morgan fingerprint density at radius 2 is 0.595 bits per heavy atom. The summed E-state index contributed by atoms with van der Waals surface area (Å²) in [5, 5.41) is 11.5. The fraction of sp³-hybridized carbons (Fsp3) is 0. The number of aromatic nitrogens is 8. The minimum atomic E-state index is 0.513. The Kier molecular flexibility index (Phi) is 9.40. The Hall–Kier alpha value is -10.2. The van der Waals surface area contributed by atoms with Gasteiger partial charge in [-0.25, -0.2) is 19.9 Å². The predicted molar refractivity (Wildman–Crippen MR) is 302 cm³/mol. The van der Waals surface area contributed by atoms with E-state index in [-0.39, 0.29) is 0 Å². The quantitative estimate of drug-likeness (QED) is 0.148. The molecule has 0 spiro atoms. The molecule has 0 fully saturated rings. The van der Waals surface area contributed by atoms with E-state index in [1.165, 1.54) is 26.9 Å². The van der Waals surface area contributed by atoms with Crippen LogP contribution in [-0.2, 0) is 0 Å². The molecule has 11 aromatic carbocycles. The monoisotopic (exact) mass is 944 g/mol. The molecule has 0 saturated carbocycles. The zero-order valence-electron chi connectivity index (χ0n) is 39.7. The summed E-state index contributed by atoms with van der Waals surface area (Å²) in [5.41, 5.74) is 9.37. The second-order valence-corrected chi connectivity index (χ2v) is 18.6. The molecule has 15 rings (SSSR count). The normalized spacial score (nSPS) is 11.8. The average Bonchev–Trinajstić information content (AvgIpc) is 4.04. The van der Waals surface area contributed by atoms with Crippen LogP contribution in [0, 0.1) is 0 Å². The van der Waals surface area contributed by atoms with Crippen LogP contribution in [0.1, 0.15) is 0 Å². The van der Waals surface area contributed by atoms with Crippen molar-refractivity contribution in [1.82, 2.24) is 39.0 Å². The minimum absolute atomic E-state index is 0.513. The van der Waals surface area contributed by atoms with Gasteiger partial charge in [0.05, 0.1) is 27.8 Å². The first kappa shape index (κ1) is 41.6. The summed E-state index contributed by atoms with van der Waals surface area (Å²) in [6, 6.07) is 84.6. The predicted octanol–water partition coefficient (Wildman–Crippen LogP) is 16.0. The van der Waals surface area contributed by atoms with Crippen molar-refractivity contribution in [2.24, 2.45) is 0 Å². The fourth-order valence-corrected chi connectivity index (χ4v) is 11.1. The van der Waals surface area contributed by atoms with Gasteiger partial charge in [-0.3, -0.25) is 4.57 Å². The minimum Gasteiger partial charge on any atom is -0.306 e. The average molecular weight is 945 g/mol. The topological polar surface area (TPSA) is 87.2 Å². The number of para-hydroxylation sites is 3. The summed E-state index contributed by atoms with van der Waals surface area (Å²) >= 11 is 0. The molecule has 15 aromatic rings. The van der Waals surface area contributed by atoms with Crippen molar-refractivity contribution in [1.29, 1.82) is 0 Å². The van der Waals surface area contributed by atoms with Crippen molar-refractivity contribution in [2.75, 3.05) is 0 Å². The van der Waals surface area contributed by atoms with Crippen molar-refractivity contribution in [2.45, 2.75) is 0 Å². The summed E-state index contributed by atoms with van der Waals surface area (Å²) in [6.07, 6.45) is 0. The van der Waals surface area contributed by atoms with Crippen LogP contribution in [0.3, 0.4) is 0 Å². The molecule has 344 valence electrons. The first-order valence-electron chi connectivity index (χ1n) is 24.8. The van der Waals surface area contributed by atoms with Crippen LogP contribution in [0.2, 0.25) is 0 Å². The Morgan fingerprint density at radius 3 is 1.14 bits per heavy atom. The van der Waals surface area contributed by atoms with Gasteiger partial charge in [0.25, 0.3) is 0 Å². The summed E-state index contributed by atoms with van der Waals surface area (Å²) < 4.78 is 4.63. The van der Waals surface area contributed by atoms with Crippen molar-refractivity contribution in [3.05, 3.63) is 243 Å². The van der Waals surface area contributed by atoms with E-state index in [0.717, 1.165) is 82.5 Å². The first-order valence-corrected chi connectivity index (χ1v) is 24.8. The Labute approximate surface area is 424 Å². The van der Waals surface area contributed by atoms with E-state index < -0.39 is 0 Å². The summed E-state index contributed by atoms with van der Waals surface area (Å²) in [6.45, 7) is 0. The summed E-state index contributed by atoms with van der Waals surface area (Å²) in [7, 11) is 0. The van der Waals surface area contributed by atoms with Crippen LogP contribution in [0.25, 0.3) is 145 Å². The Balaban J connectivity index is 1.03. The van der Waals surface area contributed by atoms with Crippen LogP contribution >= 0.6 is 0 Å². The standard InChI is InChI=1S/C66H40N8/c1-4-20-41(21-5-1)61-67-62(42-22-6-2-7-23-42)70-65(69-61)54-32-16-19-35-58(54)73-56-33-17-14-30-50(56)52-38-39-53-51-31-15-18-34-57(51)74(60(53)59(52)73)66-71-63(43-24-8-3-9-25-43)68-64(72-66)44-36-37-49-47-28-11-10-26-45(47)46-27-12-13-29-48(46)55(49)40-44/h1-40H. The molecular formula is C66H40N8. The number of rotatable bonds is 7. The molecule has 0 unspecified atom stereocenters. The molecule has 4 aromatic heterocycles. The molecule has 0 bridgehead atoms. The van der Waals surface area contributed by atoms with E-state index in [2.05, 4.69) is 173 Å². The van der Waals surface area contributed by atoms with Crippen LogP contribution < -0.4 is 0 Å². The second kappa shape index (κ2) is 16.7. The van der Waals surface area contributed by atoms with Gasteiger partial charge >= 0.3 is 0 Å². The van der Waals surface area contributed by atoms with E-state index in [0.29, 0.717) is 35.1 Å². The van der Waals surface area contributed by atoms with E-state index in [4.69, 9.17) is 29.9 Å². The van der Waals surface area contributed by atoms with Gasteiger partial charge in [0.2, 0.25) is 5.95 Å². The van der Waals surface area contributed by atoms with Gasteiger partial charge in [0.1, 0.15) is 0 Å². The number of hydrogen-bond acceptors (Lipinski definition) is 6. The van der Waals surface area contributed by atoms with Gasteiger partial charge in [0, 0.05) is 49.4 Å². The van der Waals surface area contributed by atoms with Gasteiger partial charge in [0.15, 0.2) is 29.1 Å². The molecule has 8 heteroatoms. The van der Waals surface area contributed by atoms with E-state index in [9.17, 15) is 0 Å². The van der Waals surface area contributed by atoms with E-state index in [1.54, 1.807) is 0 Å². The highest BCUT2D eigenvalue weighted by atomic mass is 15.2. The number of benzene rings is 11. The van der Waals surface area contributed by atoms with Crippen LogP contribution in [-0.4, -0.2) is 39.0 Å². The molecule has 0 atom stereocenters. The molecule has 0 aliphatic rings. The number of nitrogens with zero attached hydrogens (tertiary/aromatic N) is 8. The zero-order valence-corrected chi connectivity index (χ0v) is 39.7. The van der Waals surface area contributed by atoms with Crippen molar-refractivity contribution < 1.29 is 0 Å². The lowest BCUT2D eigenvalue weighted by atomic mass is 9.93. The molecule has 0 N–H and O–H groups in total. The van der Waals surface area contributed by atoms with Crippen molar-refractivity contribution >= 4 is 75.9 Å². The highest BCUT2D eigenvalue weighted by Gasteiger charge is 2.26. The van der Waals surface area contributed by atoms with Gasteiger partial charge in [-0.05, 0) is 62.6 Å². The highest BCUT2D eigenvalue weighted by molar-refractivity contribution is 6.26. The molecule has 0 amide bonds.